The molecule has 39 heteroatoms. The van der Waals surface area contributed by atoms with Crippen LogP contribution in [0.25, 0.3) is 10.9 Å². The molecule has 1 unspecified atom stereocenters. The molecule has 14 N–H and O–H groups in total. The van der Waals surface area contributed by atoms with Crippen molar-refractivity contribution < 1.29 is 106 Å². The number of esters is 1. The molecule has 1 aromatic heterocycles. The van der Waals surface area contributed by atoms with Crippen molar-refractivity contribution in [3.63, 3.8) is 0 Å². The average molecular weight is 1800 g/mol. The Morgan fingerprint density at radius 2 is 1.61 bits per heavy atom. The number of Topliss-reactive ketones (excluding diaryl/α,β-unsaturated/α-hetero) is 5. The van der Waals surface area contributed by atoms with Gasteiger partial charge < -0.3 is 85.4 Å². The minimum Gasteiger partial charge on any atom is -0.496 e. The first-order valence-corrected chi connectivity index (χ1v) is 47.1. The van der Waals surface area contributed by atoms with E-state index in [1.807, 2.05) is 67.3 Å². The lowest BCUT2D eigenvalue weighted by atomic mass is 9.47. The minimum atomic E-state index is -2.71. The number of hydrogen-bond acceptors (Lipinski definition) is 32. The fraction of sp³-hybridized carbons (Fsp3) is 0.612. The Kier molecular flexibility index (Phi) is 28.6. The summed E-state index contributed by atoms with van der Waals surface area (Å²) < 4.78 is 17.8. The maximum atomic E-state index is 15.7. The van der Waals surface area contributed by atoms with Crippen LogP contribution >= 0.6 is 43.5 Å². The smallest absolute Gasteiger partial charge is 0.439 e. The first-order chi connectivity index (χ1) is 59.3. The Morgan fingerprint density at radius 3 is 2.33 bits per heavy atom. The van der Waals surface area contributed by atoms with Gasteiger partial charge in [0.1, 0.15) is 40.2 Å². The highest BCUT2D eigenvalue weighted by atomic mass is 33.1. The summed E-state index contributed by atoms with van der Waals surface area (Å²) in [5.74, 6) is -9.79. The van der Waals surface area contributed by atoms with Crippen LogP contribution in [0, 0.1) is 29.1 Å². The van der Waals surface area contributed by atoms with E-state index in [1.54, 1.807) is 25.8 Å². The molecule has 1 saturated carbocycles. The number of amides is 5. The zero-order chi connectivity index (χ0) is 89.3. The third-order valence-electron chi connectivity index (χ3n) is 27.6. The van der Waals surface area contributed by atoms with Gasteiger partial charge in [-0.3, -0.25) is 72.8 Å². The number of carboxylic acid groups (broad SMARTS) is 1. The number of aliphatic hydroxyl groups is 4. The van der Waals surface area contributed by atoms with E-state index in [4.69, 9.17) is 18.5 Å². The molecule has 5 fully saturated rings. The van der Waals surface area contributed by atoms with Crippen LogP contribution in [0.5, 0.6) is 5.75 Å². The predicted molar refractivity (Wildman–Crippen MR) is 461 cm³/mol. The molecule has 10 aliphatic rings. The third-order valence-corrected chi connectivity index (χ3v) is 31.8. The molecule has 18 atom stereocenters. The lowest BCUT2D eigenvalue weighted by Crippen LogP contribution is -2.82. The van der Waals surface area contributed by atoms with Gasteiger partial charge in [0.05, 0.1) is 73.8 Å². The van der Waals surface area contributed by atoms with Crippen LogP contribution in [0.2, 0.25) is 0 Å². The Balaban J connectivity index is 0.653. The van der Waals surface area contributed by atoms with Crippen molar-refractivity contribution in [2.45, 2.75) is 195 Å². The van der Waals surface area contributed by atoms with Gasteiger partial charge in [0.2, 0.25) is 29.3 Å². The summed E-state index contributed by atoms with van der Waals surface area (Å²) in [4.78, 5) is 194. The number of hydrazine groups is 1. The molecule has 4 saturated heterocycles. The first-order valence-electron chi connectivity index (χ1n) is 42.4. The van der Waals surface area contributed by atoms with Gasteiger partial charge in [-0.2, -0.15) is 5.48 Å². The zero-order valence-corrected chi connectivity index (χ0v) is 74.3. The topological polar surface area (TPSA) is 495 Å². The number of allylic oxidation sites excluding steroid dienone is 2. The highest BCUT2D eigenvalue weighted by molar-refractivity contribution is 8.76. The molecule has 13 rings (SSSR count). The maximum Gasteiger partial charge on any atom is 0.439 e. The monoisotopic (exact) mass is 1800 g/mol. The van der Waals surface area contributed by atoms with Crippen LogP contribution in [0.3, 0.4) is 0 Å². The molecule has 1 spiro atoms. The molecule has 0 radical (unpaired) electrons. The number of anilines is 1. The van der Waals surface area contributed by atoms with E-state index in [2.05, 4.69) is 57.7 Å². The van der Waals surface area contributed by atoms with E-state index in [9.17, 15) is 78.3 Å². The summed E-state index contributed by atoms with van der Waals surface area (Å²) >= 11 is 0.579. The van der Waals surface area contributed by atoms with Crippen molar-refractivity contribution in [3.8, 4) is 5.75 Å². The minimum absolute atomic E-state index is 0.0173. The van der Waals surface area contributed by atoms with Crippen molar-refractivity contribution in [1.82, 2.24) is 62.6 Å². The number of ether oxygens (including phenoxy) is 2. The van der Waals surface area contributed by atoms with Gasteiger partial charge in [0.25, 0.3) is 5.91 Å². The van der Waals surface area contributed by atoms with Crippen LogP contribution in [-0.2, 0) is 88.5 Å². The van der Waals surface area contributed by atoms with E-state index >= 15 is 9.59 Å². The van der Waals surface area contributed by atoms with E-state index < -0.39 is 159 Å². The second-order valence-corrected chi connectivity index (χ2v) is 39.2. The normalized spacial score (nSPS) is 29.5. The van der Waals surface area contributed by atoms with Gasteiger partial charge in [0, 0.05) is 189 Å². The average Bonchev–Trinajstić information content (AvgIpc) is 1.47. The number of H-pyrrole nitrogens is 1. The van der Waals surface area contributed by atoms with E-state index in [-0.39, 0.29) is 135 Å². The van der Waals surface area contributed by atoms with Crippen molar-refractivity contribution in [2.24, 2.45) is 29.1 Å². The SMILES string of the molecule is CCC(=O)C[C@@H](C)C(=O)N[C@@H](C)C(=O)C[C@@H](CC(=O)O)C(=O)N[C@@H](CNC(=O)CCSSCCNC1=C(C)C(=O)C2=C(C1=O)[C@@H](CNOC=O)[C@@]1(CO)[C@H]3N[C@H]3CN21)C(=O)CCCSSOC(=O)NNC(=O)[C@@]1(O)[C@H](O)[C@]2(CC)C=CCN3CC[C@@]4(c5cc([C@@]6(C(=O)OC)C[C@@H]7CN(CCc8c6[nH]c6ccccc86)C[C@](O)(CC)C7)c(OC)cc5N(C)[C@@H]14)[C@@H]32. The van der Waals surface area contributed by atoms with E-state index in [0.29, 0.717) is 110 Å². The summed E-state index contributed by atoms with van der Waals surface area (Å²) in [5.41, 5.74) is 3.27. The number of benzene rings is 2. The van der Waals surface area contributed by atoms with Crippen molar-refractivity contribution >= 4 is 137 Å². The summed E-state index contributed by atoms with van der Waals surface area (Å²) in [6.07, 6.45) is 1.43. The molecule has 9 heterocycles. The highest BCUT2D eigenvalue weighted by Crippen LogP contribution is 2.68. The quantitative estimate of drug-likeness (QED) is 0.00448. The summed E-state index contributed by atoms with van der Waals surface area (Å²) in [6.45, 7) is 12.6. The molecular weight excluding hydrogens is 1680 g/mol. The number of carbonyl (C=O) groups is 13. The number of aromatic amines is 1. The predicted octanol–water partition coefficient (Wildman–Crippen LogP) is 2.55. The largest absolute Gasteiger partial charge is 0.496 e. The summed E-state index contributed by atoms with van der Waals surface area (Å²) in [7, 11) is 8.28. The molecule has 3 aromatic rings. The molecule has 2 aromatic carbocycles. The number of nitrogens with one attached hydrogen (secondary N) is 9. The number of carboxylic acids is 1. The number of aliphatic carboxylic acids is 1. The number of carbonyl (C=O) groups excluding carboxylic acids is 12. The molecule has 124 heavy (non-hydrogen) atoms. The number of piperazine rings is 1. The Hall–Kier alpha value is -8.61. The zero-order valence-electron chi connectivity index (χ0n) is 71.0. The molecular formula is C85H113N13O22S4. The number of methoxy groups -OCH3 is 2. The van der Waals surface area contributed by atoms with E-state index in [1.165, 1.54) is 49.7 Å². The number of nitrogens with zero attached hydrogens (tertiary/aromatic N) is 4. The van der Waals surface area contributed by atoms with Gasteiger partial charge in [-0.05, 0) is 94.5 Å². The highest BCUT2D eigenvalue weighted by Gasteiger charge is 2.79. The van der Waals surface area contributed by atoms with Gasteiger partial charge in [-0.1, -0.05) is 90.4 Å². The van der Waals surface area contributed by atoms with Crippen molar-refractivity contribution in [3.05, 3.63) is 93.5 Å². The second kappa shape index (κ2) is 38.1. The number of hydrogen-bond donors (Lipinski definition) is 14. The molecule has 35 nitrogen and oxygen atoms in total. The molecule has 2 aliphatic carbocycles. The number of rotatable bonds is 40. The molecule has 2 bridgehead atoms. The lowest BCUT2D eigenvalue weighted by molar-refractivity contribution is -0.204. The van der Waals surface area contributed by atoms with Crippen LogP contribution in [-0.4, -0.2) is 285 Å². The van der Waals surface area contributed by atoms with Gasteiger partial charge >= 0.3 is 24.5 Å². The number of fused-ring (bicyclic) bond motifs is 10. The standard InChI is InChI=1S/C85H113N13O22S4/c1-10-50(101)31-45(4)72(109)89-47(6)61(103)32-49(33-64(105)106)73(110)92-57(39-87-63(104)21-29-121-122-30-24-86-66-46(5)68(107)67-65(69(66)108)55(38-88-119-44-100)84(43-99)71-58(91-71)41-98(67)84)60(102)19-15-28-123-124-120-79(114)94-93-77(112)85(116)75-82(23-27-97-25-16-22-81(12-3,74(82)97)76(85)111)53-34-54(62(117-8)35-59(53)95(75)7)83(78(113)118-9)37-48-36-80(115,11-2)42-96(40-48)26-20-52-51-17-13-14-18-56(51)90-70(52)83/h13-14,16-18,22,34-35,44-45,47-49,55,57-58,71,74-76,86,88,90-91,99,111,115-116H,10-12,15,19-21,23-33,36-43H2,1-9H3,(H,87,104)(H,89,109)(H,92,110)(H,93,112)(H,94,114)(H,105,106)/t45-,47+,48-,49+,55-,57+,58+,71+,74+,75-,76-,80+,81-,82-,83+,84+,85+/m1/s1. The maximum absolute atomic E-state index is 15.7. The number of likely N-dealkylation sites (N-methyl/N-ethyl adjacent to an activating group) is 1. The third kappa shape index (κ3) is 17.0. The fourth-order valence-electron chi connectivity index (χ4n) is 21.7. The van der Waals surface area contributed by atoms with Gasteiger partial charge in [0.15, 0.2) is 17.2 Å². The molecule has 8 aliphatic heterocycles. The van der Waals surface area contributed by atoms with Crippen molar-refractivity contribution in [2.75, 3.05) is 109 Å². The Bertz CT molecular complexity index is 4820. The summed E-state index contributed by atoms with van der Waals surface area (Å²) in [5, 5.41) is 75.0. The lowest BCUT2D eigenvalue weighted by Gasteiger charge is -2.63. The number of ketones is 5. The number of aliphatic hydroxyl groups excluding tert-OH is 2. The van der Waals surface area contributed by atoms with Gasteiger partial charge in [-0.25, -0.2) is 10.2 Å². The van der Waals surface area contributed by atoms with Crippen LogP contribution in [0.4, 0.5) is 10.5 Å². The first kappa shape index (κ1) is 93.0. The number of aromatic nitrogens is 1. The molecule has 5 amide bonds. The molecule has 674 valence electrons. The number of para-hydroxylation sites is 1. The summed E-state index contributed by atoms with van der Waals surface area (Å²) in [6, 6.07) is 7.12. The second-order valence-electron chi connectivity index (χ2n) is 34.5. The van der Waals surface area contributed by atoms with Crippen LogP contribution < -0.4 is 52.6 Å². The van der Waals surface area contributed by atoms with Crippen molar-refractivity contribution in [1.29, 1.82) is 0 Å². The Labute approximate surface area is 734 Å². The van der Waals surface area contributed by atoms with E-state index in [0.717, 1.165) is 27.3 Å². The number of hydroxylamine groups is 1. The van der Waals surface area contributed by atoms with Crippen LogP contribution in [0.1, 0.15) is 141 Å². The number of piperidine rings is 1. The fourth-order valence-corrected chi connectivity index (χ4v) is 25.0. The Morgan fingerprint density at radius 1 is 0.847 bits per heavy atom. The van der Waals surface area contributed by atoms with Gasteiger partial charge in [-0.15, -0.1) is 0 Å². The van der Waals surface area contributed by atoms with Crippen LogP contribution in [0.15, 0.2) is 71.1 Å².